The normalized spacial score (nSPS) is 9.62. The van der Waals surface area contributed by atoms with E-state index in [2.05, 4.69) is 0 Å². The predicted molar refractivity (Wildman–Crippen MR) is 56.8 cm³/mol. The zero-order chi connectivity index (χ0) is 9.46. The van der Waals surface area contributed by atoms with Gasteiger partial charge in [0.1, 0.15) is 10.0 Å². The van der Waals surface area contributed by atoms with E-state index in [0.29, 0.717) is 0 Å². The molecule has 0 aliphatic carbocycles. The van der Waals surface area contributed by atoms with Crippen LogP contribution in [-0.4, -0.2) is 10.6 Å². The van der Waals surface area contributed by atoms with Crippen LogP contribution in [0.25, 0.3) is 0 Å². The molecule has 1 rings (SSSR count). The highest BCUT2D eigenvalue weighted by molar-refractivity contribution is 6.55. The van der Waals surface area contributed by atoms with Gasteiger partial charge in [0.25, 0.3) is 0 Å². The fourth-order valence-electron chi connectivity index (χ4n) is 0.593. The molecule has 0 radical (unpaired) electrons. The standard InChI is InChI=1S/C6HCl5O.H2O/c7-1-2(8)4(10)6(12)5(11)3(1)9;/h12H;1H2. The molecule has 2 nitrogen and oxygen atoms in total. The zero-order valence-electron chi connectivity index (χ0n) is 5.84. The van der Waals surface area contributed by atoms with E-state index in [-0.39, 0.29) is 36.3 Å². The Kier molecular flexibility index (Phi) is 4.94. The SMILES string of the molecule is O.Oc1c(Cl)c(Cl)c(Cl)c(Cl)c1Cl. The lowest BCUT2D eigenvalue weighted by Gasteiger charge is -2.06. The van der Waals surface area contributed by atoms with Crippen LogP contribution in [0.1, 0.15) is 0 Å². The molecular weight excluding hydrogens is 281 g/mol. The Morgan fingerprint density at radius 2 is 0.846 bits per heavy atom. The fraction of sp³-hybridized carbons (Fsp3) is 0. The molecule has 0 saturated carbocycles. The van der Waals surface area contributed by atoms with Crippen molar-refractivity contribution < 1.29 is 10.6 Å². The second-order valence-corrected chi connectivity index (χ2v) is 3.81. The lowest BCUT2D eigenvalue weighted by atomic mass is 10.3. The Hall–Kier alpha value is 0.430. The molecule has 0 amide bonds. The lowest BCUT2D eigenvalue weighted by Crippen LogP contribution is -1.78. The topological polar surface area (TPSA) is 51.7 Å². The first-order valence-corrected chi connectivity index (χ1v) is 4.56. The van der Waals surface area contributed by atoms with Gasteiger partial charge in [-0.15, -0.1) is 0 Å². The number of hydrogen-bond acceptors (Lipinski definition) is 1. The van der Waals surface area contributed by atoms with Crippen molar-refractivity contribution in [2.75, 3.05) is 0 Å². The first-order chi connectivity index (χ1) is 5.46. The summed E-state index contributed by atoms with van der Waals surface area (Å²) in [6, 6.07) is 0. The van der Waals surface area contributed by atoms with Crippen molar-refractivity contribution in [2.45, 2.75) is 0 Å². The van der Waals surface area contributed by atoms with Crippen LogP contribution in [0, 0.1) is 0 Å². The molecule has 0 unspecified atom stereocenters. The van der Waals surface area contributed by atoms with Gasteiger partial charge in [-0.25, -0.2) is 0 Å². The molecule has 0 heterocycles. The van der Waals surface area contributed by atoms with Gasteiger partial charge in [-0.05, 0) is 0 Å². The summed E-state index contributed by atoms with van der Waals surface area (Å²) < 4.78 is 0. The minimum Gasteiger partial charge on any atom is -0.505 e. The number of halogens is 5. The smallest absolute Gasteiger partial charge is 0.155 e. The van der Waals surface area contributed by atoms with Gasteiger partial charge in [-0.2, -0.15) is 0 Å². The Labute approximate surface area is 99.2 Å². The number of benzene rings is 1. The molecule has 0 bridgehead atoms. The van der Waals surface area contributed by atoms with Crippen molar-refractivity contribution in [1.82, 2.24) is 0 Å². The third kappa shape index (κ3) is 2.27. The van der Waals surface area contributed by atoms with Crippen molar-refractivity contribution in [1.29, 1.82) is 0 Å². The number of phenolic OH excluding ortho intramolecular Hbond substituents is 1. The van der Waals surface area contributed by atoms with E-state index in [1.807, 2.05) is 0 Å². The van der Waals surface area contributed by atoms with Gasteiger partial charge in [-0.1, -0.05) is 58.0 Å². The quantitative estimate of drug-likeness (QED) is 0.571. The molecule has 0 aliphatic rings. The van der Waals surface area contributed by atoms with Crippen LogP contribution < -0.4 is 0 Å². The summed E-state index contributed by atoms with van der Waals surface area (Å²) in [4.78, 5) is 0. The molecule has 0 atom stereocenters. The molecule has 0 saturated heterocycles. The lowest BCUT2D eigenvalue weighted by molar-refractivity contribution is 0.476. The van der Waals surface area contributed by atoms with E-state index >= 15 is 0 Å². The summed E-state index contributed by atoms with van der Waals surface area (Å²) >= 11 is 27.9. The maximum Gasteiger partial charge on any atom is 0.155 e. The second-order valence-electron chi connectivity index (χ2n) is 1.92. The van der Waals surface area contributed by atoms with Crippen molar-refractivity contribution in [3.05, 3.63) is 25.1 Å². The van der Waals surface area contributed by atoms with Crippen LogP contribution >= 0.6 is 58.0 Å². The van der Waals surface area contributed by atoms with Crippen LogP contribution in [0.15, 0.2) is 0 Å². The van der Waals surface area contributed by atoms with Gasteiger partial charge in [0.15, 0.2) is 5.75 Å². The second kappa shape index (κ2) is 4.78. The van der Waals surface area contributed by atoms with Crippen molar-refractivity contribution in [3.8, 4) is 5.75 Å². The summed E-state index contributed by atoms with van der Waals surface area (Å²) in [6.07, 6.45) is 0. The number of rotatable bonds is 0. The number of phenols is 1. The highest BCUT2D eigenvalue weighted by Gasteiger charge is 2.17. The molecule has 0 fully saturated rings. The van der Waals surface area contributed by atoms with Gasteiger partial charge in [0.05, 0.1) is 15.1 Å². The Bertz CT molecular complexity index is 233. The molecule has 13 heavy (non-hydrogen) atoms. The summed E-state index contributed by atoms with van der Waals surface area (Å²) in [6.45, 7) is 0. The van der Waals surface area contributed by atoms with Crippen LogP contribution in [0.5, 0.6) is 5.75 Å². The van der Waals surface area contributed by atoms with Crippen LogP contribution in [0.3, 0.4) is 0 Å². The fourth-order valence-corrected chi connectivity index (χ4v) is 1.72. The molecule has 1 aromatic carbocycles. The molecule has 7 heteroatoms. The Morgan fingerprint density at radius 1 is 0.615 bits per heavy atom. The molecule has 0 aliphatic heterocycles. The molecule has 3 N–H and O–H groups in total. The largest absolute Gasteiger partial charge is 0.505 e. The minimum absolute atomic E-state index is 0. The maximum atomic E-state index is 9.20. The zero-order valence-corrected chi connectivity index (χ0v) is 9.62. The molecule has 0 aromatic heterocycles. The summed E-state index contributed by atoms with van der Waals surface area (Å²) in [5.74, 6) is -0.363. The van der Waals surface area contributed by atoms with Crippen molar-refractivity contribution >= 4 is 58.0 Å². The average Bonchev–Trinajstić information content (AvgIpc) is 2.08. The van der Waals surface area contributed by atoms with E-state index in [0.717, 1.165) is 0 Å². The molecule has 1 aromatic rings. The maximum absolute atomic E-state index is 9.20. The predicted octanol–water partition coefficient (Wildman–Crippen LogP) is 3.83. The van der Waals surface area contributed by atoms with Crippen LogP contribution in [-0.2, 0) is 0 Å². The third-order valence-corrected chi connectivity index (χ3v) is 3.44. The summed E-state index contributed by atoms with van der Waals surface area (Å²) in [5, 5.41) is 9.01. The van der Waals surface area contributed by atoms with Gasteiger partial charge in [-0.3, -0.25) is 0 Å². The van der Waals surface area contributed by atoms with E-state index in [9.17, 15) is 5.11 Å². The van der Waals surface area contributed by atoms with Gasteiger partial charge < -0.3 is 10.6 Å². The van der Waals surface area contributed by atoms with E-state index in [1.165, 1.54) is 0 Å². The third-order valence-electron chi connectivity index (χ3n) is 1.19. The van der Waals surface area contributed by atoms with E-state index in [4.69, 9.17) is 58.0 Å². The average molecular weight is 284 g/mol. The van der Waals surface area contributed by atoms with Crippen molar-refractivity contribution in [3.63, 3.8) is 0 Å². The molecule has 0 spiro atoms. The van der Waals surface area contributed by atoms with Gasteiger partial charge in [0, 0.05) is 0 Å². The van der Waals surface area contributed by atoms with Crippen molar-refractivity contribution in [2.24, 2.45) is 0 Å². The highest BCUT2D eigenvalue weighted by Crippen LogP contribution is 2.47. The number of hydrogen-bond donors (Lipinski definition) is 1. The van der Waals surface area contributed by atoms with Crippen LogP contribution in [0.2, 0.25) is 25.1 Å². The molecule has 74 valence electrons. The first-order valence-electron chi connectivity index (χ1n) is 2.67. The number of aromatic hydroxyl groups is 1. The highest BCUT2D eigenvalue weighted by atomic mass is 35.5. The molecular formula is C6H3Cl5O2. The minimum atomic E-state index is -0.363. The van der Waals surface area contributed by atoms with Crippen LogP contribution in [0.4, 0.5) is 0 Å². The Morgan fingerprint density at radius 3 is 1.15 bits per heavy atom. The van der Waals surface area contributed by atoms with E-state index in [1.54, 1.807) is 0 Å². The Balaban J connectivity index is 0.00000144. The van der Waals surface area contributed by atoms with Gasteiger partial charge >= 0.3 is 0 Å². The van der Waals surface area contributed by atoms with E-state index < -0.39 is 0 Å². The monoisotopic (exact) mass is 282 g/mol. The van der Waals surface area contributed by atoms with Gasteiger partial charge in [0.2, 0.25) is 0 Å². The first kappa shape index (κ1) is 13.4. The summed E-state index contributed by atoms with van der Waals surface area (Å²) in [7, 11) is 0. The summed E-state index contributed by atoms with van der Waals surface area (Å²) in [5.41, 5.74) is 0.